The summed E-state index contributed by atoms with van der Waals surface area (Å²) in [6.07, 6.45) is 0.275. The van der Waals surface area contributed by atoms with Crippen molar-refractivity contribution >= 4 is 16.9 Å². The van der Waals surface area contributed by atoms with Crippen molar-refractivity contribution in [3.8, 4) is 0 Å². The number of nitrogens with one attached hydrogen (secondary N) is 2. The first-order chi connectivity index (χ1) is 12.1. The number of hydrogen-bond acceptors (Lipinski definition) is 3. The van der Waals surface area contributed by atoms with Crippen molar-refractivity contribution in [3.05, 3.63) is 36.0 Å². The third-order valence-electron chi connectivity index (χ3n) is 4.53. The highest BCUT2D eigenvalue weighted by molar-refractivity contribution is 5.80. The number of hydrogen-bond donors (Lipinski definition) is 2. The number of urea groups is 1. The van der Waals surface area contributed by atoms with Gasteiger partial charge in [-0.1, -0.05) is 18.2 Å². The number of amides is 2. The fourth-order valence-corrected chi connectivity index (χ4v) is 3.10. The molecule has 0 radical (unpaired) electrons. The van der Waals surface area contributed by atoms with Gasteiger partial charge in [0.15, 0.2) is 0 Å². The molecule has 0 bridgehead atoms. The molecule has 1 saturated heterocycles. The molecule has 0 atom stereocenters. The Kier molecular flexibility index (Phi) is 5.94. The summed E-state index contributed by atoms with van der Waals surface area (Å²) in [4.78, 5) is 19.9. The van der Waals surface area contributed by atoms with Gasteiger partial charge in [0.2, 0.25) is 0 Å². The molecule has 1 aromatic carbocycles. The lowest BCUT2D eigenvalue weighted by molar-refractivity contribution is 0.0486. The average molecular weight is 344 g/mol. The van der Waals surface area contributed by atoms with Crippen LogP contribution >= 0.6 is 0 Å². The number of aromatic amines is 1. The molecule has 0 aliphatic carbocycles. The zero-order chi connectivity index (χ0) is 17.6. The van der Waals surface area contributed by atoms with E-state index in [0.29, 0.717) is 6.54 Å². The predicted octanol–water partition coefficient (Wildman–Crippen LogP) is 2.42. The quantitative estimate of drug-likeness (QED) is 0.846. The van der Waals surface area contributed by atoms with E-state index in [1.54, 1.807) is 0 Å². The molecule has 1 aromatic heterocycles. The van der Waals surface area contributed by atoms with Gasteiger partial charge in [-0.3, -0.25) is 4.90 Å². The maximum atomic E-state index is 12.4. The Morgan fingerprint density at radius 1 is 1.24 bits per heavy atom. The van der Waals surface area contributed by atoms with Crippen LogP contribution in [0.5, 0.6) is 0 Å². The topological polar surface area (TPSA) is 60.6 Å². The van der Waals surface area contributed by atoms with Crippen molar-refractivity contribution in [3.63, 3.8) is 0 Å². The first kappa shape index (κ1) is 17.8. The molecule has 2 heterocycles. The minimum atomic E-state index is 0.0109. The van der Waals surface area contributed by atoms with E-state index in [0.717, 1.165) is 50.5 Å². The predicted molar refractivity (Wildman–Crippen MR) is 99.6 cm³/mol. The van der Waals surface area contributed by atoms with E-state index < -0.39 is 0 Å². The Balaban J connectivity index is 1.40. The average Bonchev–Trinajstić information content (AvgIpc) is 3.03. The van der Waals surface area contributed by atoms with Crippen LogP contribution in [0.2, 0.25) is 0 Å². The van der Waals surface area contributed by atoms with Crippen LogP contribution in [0.1, 0.15) is 19.5 Å². The molecule has 1 aliphatic heterocycles. The van der Waals surface area contributed by atoms with E-state index in [9.17, 15) is 4.79 Å². The molecule has 3 rings (SSSR count). The highest BCUT2D eigenvalue weighted by atomic mass is 16.5. The van der Waals surface area contributed by atoms with Crippen LogP contribution in [0, 0.1) is 0 Å². The summed E-state index contributed by atoms with van der Waals surface area (Å²) in [6, 6.07) is 10.2. The summed E-state index contributed by atoms with van der Waals surface area (Å²) in [7, 11) is 0. The number of aromatic nitrogens is 1. The molecule has 6 heteroatoms. The Labute approximate surface area is 149 Å². The number of carbonyl (C=O) groups excluding carboxylic acids is 1. The van der Waals surface area contributed by atoms with Gasteiger partial charge in [0.1, 0.15) is 0 Å². The maximum Gasteiger partial charge on any atom is 0.317 e. The minimum Gasteiger partial charge on any atom is -0.377 e. The molecule has 2 amide bonds. The van der Waals surface area contributed by atoms with Gasteiger partial charge in [0, 0.05) is 43.9 Å². The minimum absolute atomic E-state index is 0.0109. The molecule has 25 heavy (non-hydrogen) atoms. The van der Waals surface area contributed by atoms with Crippen LogP contribution in [-0.4, -0.2) is 66.2 Å². The Morgan fingerprint density at radius 3 is 2.72 bits per heavy atom. The van der Waals surface area contributed by atoms with E-state index in [1.165, 1.54) is 5.39 Å². The molecule has 2 N–H and O–H groups in total. The number of fused-ring (bicyclic) bond motifs is 1. The second-order valence-corrected chi connectivity index (χ2v) is 6.79. The maximum absolute atomic E-state index is 12.4. The first-order valence-electron chi connectivity index (χ1n) is 9.05. The molecule has 0 unspecified atom stereocenters. The zero-order valence-corrected chi connectivity index (χ0v) is 15.1. The Hall–Kier alpha value is -2.05. The highest BCUT2D eigenvalue weighted by Crippen LogP contribution is 2.14. The number of para-hydroxylation sites is 1. The molecular weight excluding hydrogens is 316 g/mol. The summed E-state index contributed by atoms with van der Waals surface area (Å²) in [5.41, 5.74) is 2.13. The molecule has 136 valence electrons. The van der Waals surface area contributed by atoms with Gasteiger partial charge in [-0.25, -0.2) is 4.79 Å². The number of benzene rings is 1. The molecule has 0 spiro atoms. The van der Waals surface area contributed by atoms with Gasteiger partial charge in [-0.05, 0) is 31.4 Å². The number of ether oxygens (including phenoxy) is 1. The van der Waals surface area contributed by atoms with Crippen molar-refractivity contribution < 1.29 is 9.53 Å². The Morgan fingerprint density at radius 2 is 2.00 bits per heavy atom. The second kappa shape index (κ2) is 8.36. The SMILES string of the molecule is CC(C)OCCN1CCN(C(=O)NCc2cc3ccccc3[nH]2)CC1. The number of H-pyrrole nitrogens is 1. The van der Waals surface area contributed by atoms with Crippen LogP contribution in [0.15, 0.2) is 30.3 Å². The number of carbonyl (C=O) groups is 1. The second-order valence-electron chi connectivity index (χ2n) is 6.79. The van der Waals surface area contributed by atoms with Crippen LogP contribution in [-0.2, 0) is 11.3 Å². The highest BCUT2D eigenvalue weighted by Gasteiger charge is 2.20. The lowest BCUT2D eigenvalue weighted by atomic mass is 10.2. The van der Waals surface area contributed by atoms with Crippen molar-refractivity contribution in [2.24, 2.45) is 0 Å². The van der Waals surface area contributed by atoms with Crippen LogP contribution < -0.4 is 5.32 Å². The van der Waals surface area contributed by atoms with Gasteiger partial charge >= 0.3 is 6.03 Å². The van der Waals surface area contributed by atoms with Gasteiger partial charge in [0.25, 0.3) is 0 Å². The standard InChI is InChI=1S/C19H28N4O2/c1-15(2)25-12-11-22-7-9-23(10-8-22)19(24)20-14-17-13-16-5-3-4-6-18(16)21-17/h3-6,13,15,21H,7-12,14H2,1-2H3,(H,20,24). The largest absolute Gasteiger partial charge is 0.377 e. The lowest BCUT2D eigenvalue weighted by Gasteiger charge is -2.34. The molecule has 2 aromatic rings. The molecule has 1 aliphatic rings. The summed E-state index contributed by atoms with van der Waals surface area (Å²) in [5, 5.41) is 4.19. The van der Waals surface area contributed by atoms with Gasteiger partial charge < -0.3 is 19.9 Å². The van der Waals surface area contributed by atoms with E-state index >= 15 is 0 Å². The van der Waals surface area contributed by atoms with Crippen LogP contribution in [0.4, 0.5) is 4.79 Å². The molecule has 1 fully saturated rings. The van der Waals surface area contributed by atoms with Gasteiger partial charge in [-0.15, -0.1) is 0 Å². The van der Waals surface area contributed by atoms with Crippen molar-refractivity contribution in [1.82, 2.24) is 20.1 Å². The van der Waals surface area contributed by atoms with Gasteiger partial charge in [0.05, 0.1) is 19.3 Å². The first-order valence-corrected chi connectivity index (χ1v) is 9.05. The fraction of sp³-hybridized carbons (Fsp3) is 0.526. The van der Waals surface area contributed by atoms with Crippen LogP contribution in [0.25, 0.3) is 10.9 Å². The van der Waals surface area contributed by atoms with Crippen LogP contribution in [0.3, 0.4) is 0 Å². The van der Waals surface area contributed by atoms with Gasteiger partial charge in [-0.2, -0.15) is 0 Å². The summed E-state index contributed by atoms with van der Waals surface area (Å²) < 4.78 is 5.59. The molecule has 6 nitrogen and oxygen atoms in total. The monoisotopic (exact) mass is 344 g/mol. The fourth-order valence-electron chi connectivity index (χ4n) is 3.10. The molecule has 0 saturated carbocycles. The third kappa shape index (κ3) is 4.96. The van der Waals surface area contributed by atoms with Crippen molar-refractivity contribution in [2.75, 3.05) is 39.3 Å². The summed E-state index contributed by atoms with van der Waals surface area (Å²) >= 11 is 0. The smallest absolute Gasteiger partial charge is 0.317 e. The zero-order valence-electron chi connectivity index (χ0n) is 15.1. The lowest BCUT2D eigenvalue weighted by Crippen LogP contribution is -2.52. The van der Waals surface area contributed by atoms with Crippen molar-refractivity contribution in [1.29, 1.82) is 0 Å². The van der Waals surface area contributed by atoms with E-state index in [1.807, 2.05) is 23.1 Å². The van der Waals surface area contributed by atoms with E-state index in [4.69, 9.17) is 4.74 Å². The Bertz CT molecular complexity index is 657. The summed E-state index contributed by atoms with van der Waals surface area (Å²) in [5.74, 6) is 0. The normalized spacial score (nSPS) is 15.9. The number of rotatable bonds is 6. The summed E-state index contributed by atoms with van der Waals surface area (Å²) in [6.45, 7) is 9.65. The third-order valence-corrected chi connectivity index (χ3v) is 4.53. The number of nitrogens with zero attached hydrogens (tertiary/aromatic N) is 2. The van der Waals surface area contributed by atoms with Crippen molar-refractivity contribution in [2.45, 2.75) is 26.5 Å². The van der Waals surface area contributed by atoms with E-state index in [2.05, 4.69) is 41.2 Å². The van der Waals surface area contributed by atoms with E-state index in [-0.39, 0.29) is 12.1 Å². The number of piperazine rings is 1. The molecular formula is C19H28N4O2.